The average molecular weight is 390 g/mol. The second-order valence-electron chi connectivity index (χ2n) is 6.75. The van der Waals surface area contributed by atoms with Gasteiger partial charge in [0.25, 0.3) is 0 Å². The standard InChI is InChI=1S/C22H14O7/c1-27-20(25)13-3-2-4-16-19(13)21(26)29-22(16)14-7-5-11(23)9-17(14)28-18-10-12(24)6-8-15(18)22/h2-10,23-24H,1H3. The molecule has 0 bridgehead atoms. The maximum atomic E-state index is 13.0. The zero-order valence-electron chi connectivity index (χ0n) is 15.1. The molecule has 0 amide bonds. The van der Waals surface area contributed by atoms with Gasteiger partial charge in [0.15, 0.2) is 5.60 Å². The Balaban J connectivity index is 1.89. The molecule has 7 heteroatoms. The molecule has 0 unspecified atom stereocenters. The number of rotatable bonds is 1. The van der Waals surface area contributed by atoms with E-state index in [2.05, 4.69) is 0 Å². The number of phenolic OH excluding ortho intramolecular Hbond substituents is 2. The maximum Gasteiger partial charge on any atom is 0.341 e. The molecule has 2 N–H and O–H groups in total. The van der Waals surface area contributed by atoms with Crippen LogP contribution in [0.1, 0.15) is 37.4 Å². The van der Waals surface area contributed by atoms with Crippen molar-refractivity contribution in [3.05, 3.63) is 82.4 Å². The summed E-state index contributed by atoms with van der Waals surface area (Å²) in [5.74, 6) is -0.856. The second-order valence-corrected chi connectivity index (χ2v) is 6.75. The third kappa shape index (κ3) is 2.18. The first-order valence-electron chi connectivity index (χ1n) is 8.75. The number of ether oxygens (including phenoxy) is 3. The molecule has 0 atom stereocenters. The summed E-state index contributed by atoms with van der Waals surface area (Å²) in [6, 6.07) is 13.8. The van der Waals surface area contributed by atoms with Crippen molar-refractivity contribution in [3.8, 4) is 23.0 Å². The zero-order chi connectivity index (χ0) is 20.3. The van der Waals surface area contributed by atoms with Crippen molar-refractivity contribution >= 4 is 11.9 Å². The Morgan fingerprint density at radius 1 is 0.931 bits per heavy atom. The summed E-state index contributed by atoms with van der Waals surface area (Å²) in [5.41, 5.74) is 0.233. The fraction of sp³-hybridized carbons (Fsp3) is 0.0909. The van der Waals surface area contributed by atoms with Crippen molar-refractivity contribution in [2.75, 3.05) is 7.11 Å². The highest BCUT2D eigenvalue weighted by molar-refractivity contribution is 6.07. The molecule has 2 aliphatic rings. The number of hydrogen-bond donors (Lipinski definition) is 2. The second kappa shape index (κ2) is 5.75. The Hall–Kier alpha value is -4.00. The first kappa shape index (κ1) is 17.1. The van der Waals surface area contributed by atoms with Crippen molar-refractivity contribution in [1.82, 2.24) is 0 Å². The van der Waals surface area contributed by atoms with Crippen molar-refractivity contribution in [2.24, 2.45) is 0 Å². The Kier molecular flexibility index (Phi) is 3.39. The fourth-order valence-electron chi connectivity index (χ4n) is 4.03. The molecule has 0 aromatic heterocycles. The molecule has 0 fully saturated rings. The quantitative estimate of drug-likeness (QED) is 0.614. The van der Waals surface area contributed by atoms with E-state index < -0.39 is 17.5 Å². The van der Waals surface area contributed by atoms with Gasteiger partial charge < -0.3 is 24.4 Å². The molecule has 0 radical (unpaired) electrons. The number of aromatic hydroxyl groups is 2. The highest BCUT2D eigenvalue weighted by Gasteiger charge is 2.54. The normalized spacial score (nSPS) is 15.0. The number of carbonyl (C=O) groups is 2. The predicted octanol–water partition coefficient (Wildman–Crippen LogP) is 3.45. The number of methoxy groups -OCH3 is 1. The van der Waals surface area contributed by atoms with E-state index in [1.54, 1.807) is 24.3 Å². The first-order chi connectivity index (χ1) is 14.0. The van der Waals surface area contributed by atoms with Crippen LogP contribution in [0, 0.1) is 0 Å². The number of esters is 2. The molecule has 2 aliphatic heterocycles. The van der Waals surface area contributed by atoms with Crippen LogP contribution in [-0.2, 0) is 15.1 Å². The minimum absolute atomic E-state index is 0.0321. The van der Waals surface area contributed by atoms with Gasteiger partial charge in [0.1, 0.15) is 23.0 Å². The number of fused-ring (bicyclic) bond motifs is 6. The van der Waals surface area contributed by atoms with Gasteiger partial charge in [-0.05, 0) is 30.3 Å². The molecule has 5 rings (SSSR count). The van der Waals surface area contributed by atoms with E-state index in [0.29, 0.717) is 16.7 Å². The van der Waals surface area contributed by atoms with Crippen LogP contribution in [0.3, 0.4) is 0 Å². The molecule has 3 aromatic carbocycles. The van der Waals surface area contributed by atoms with Crippen molar-refractivity contribution in [3.63, 3.8) is 0 Å². The molecular formula is C22H14O7. The Labute approximate surface area is 164 Å². The lowest BCUT2D eigenvalue weighted by Gasteiger charge is -2.36. The number of hydrogen-bond acceptors (Lipinski definition) is 7. The zero-order valence-corrected chi connectivity index (χ0v) is 15.1. The highest BCUT2D eigenvalue weighted by Crippen LogP contribution is 2.57. The molecule has 1 spiro atoms. The Bertz CT molecular complexity index is 1160. The lowest BCUT2D eigenvalue weighted by atomic mass is 9.77. The van der Waals surface area contributed by atoms with Crippen LogP contribution in [0.15, 0.2) is 54.6 Å². The third-order valence-electron chi connectivity index (χ3n) is 5.21. The summed E-state index contributed by atoms with van der Waals surface area (Å²) in [6.07, 6.45) is 0. The van der Waals surface area contributed by atoms with Crippen LogP contribution in [0.2, 0.25) is 0 Å². The van der Waals surface area contributed by atoms with Crippen LogP contribution in [-0.4, -0.2) is 29.3 Å². The Morgan fingerprint density at radius 2 is 1.55 bits per heavy atom. The van der Waals surface area contributed by atoms with E-state index in [4.69, 9.17) is 14.2 Å². The van der Waals surface area contributed by atoms with Gasteiger partial charge in [-0.2, -0.15) is 0 Å². The summed E-state index contributed by atoms with van der Waals surface area (Å²) in [7, 11) is 1.24. The molecule has 29 heavy (non-hydrogen) atoms. The summed E-state index contributed by atoms with van der Waals surface area (Å²) in [6.45, 7) is 0. The van der Waals surface area contributed by atoms with E-state index in [9.17, 15) is 19.8 Å². The largest absolute Gasteiger partial charge is 0.508 e. The van der Waals surface area contributed by atoms with Gasteiger partial charge in [0.2, 0.25) is 0 Å². The van der Waals surface area contributed by atoms with Crippen LogP contribution in [0.25, 0.3) is 0 Å². The molecule has 7 nitrogen and oxygen atoms in total. The van der Waals surface area contributed by atoms with Gasteiger partial charge in [0, 0.05) is 28.8 Å². The van der Waals surface area contributed by atoms with Crippen LogP contribution < -0.4 is 4.74 Å². The summed E-state index contributed by atoms with van der Waals surface area (Å²) >= 11 is 0. The molecule has 2 heterocycles. The summed E-state index contributed by atoms with van der Waals surface area (Å²) in [4.78, 5) is 25.2. The van der Waals surface area contributed by atoms with Crippen molar-refractivity contribution in [1.29, 1.82) is 0 Å². The molecule has 0 aliphatic carbocycles. The minimum Gasteiger partial charge on any atom is -0.508 e. The molecule has 144 valence electrons. The lowest BCUT2D eigenvalue weighted by molar-refractivity contribution is 0.0221. The predicted molar refractivity (Wildman–Crippen MR) is 99.4 cm³/mol. The number of phenols is 2. The first-order valence-corrected chi connectivity index (χ1v) is 8.75. The lowest BCUT2D eigenvalue weighted by Crippen LogP contribution is -2.32. The van der Waals surface area contributed by atoms with Gasteiger partial charge in [-0.3, -0.25) is 0 Å². The van der Waals surface area contributed by atoms with Gasteiger partial charge >= 0.3 is 11.9 Å². The SMILES string of the molecule is COC(=O)c1cccc2c1C(=O)OC21c2ccc(O)cc2Oc2cc(O)ccc21. The number of benzene rings is 3. The topological polar surface area (TPSA) is 102 Å². The molecule has 0 saturated heterocycles. The number of carbonyl (C=O) groups excluding carboxylic acids is 2. The van der Waals surface area contributed by atoms with Gasteiger partial charge in [-0.1, -0.05) is 12.1 Å². The van der Waals surface area contributed by atoms with Crippen molar-refractivity contribution < 1.29 is 34.0 Å². The summed E-state index contributed by atoms with van der Waals surface area (Å²) in [5, 5.41) is 19.8. The van der Waals surface area contributed by atoms with Gasteiger partial charge in [-0.15, -0.1) is 0 Å². The van der Waals surface area contributed by atoms with E-state index in [-0.39, 0.29) is 34.1 Å². The smallest absolute Gasteiger partial charge is 0.341 e. The molecular weight excluding hydrogens is 376 g/mol. The van der Waals surface area contributed by atoms with Crippen molar-refractivity contribution in [2.45, 2.75) is 5.60 Å². The van der Waals surface area contributed by atoms with Gasteiger partial charge in [0.05, 0.1) is 18.2 Å². The summed E-state index contributed by atoms with van der Waals surface area (Å²) < 4.78 is 16.6. The fourth-order valence-corrected chi connectivity index (χ4v) is 4.03. The van der Waals surface area contributed by atoms with Crippen LogP contribution in [0.5, 0.6) is 23.0 Å². The minimum atomic E-state index is -1.40. The Morgan fingerprint density at radius 3 is 2.14 bits per heavy atom. The van der Waals surface area contributed by atoms with Crippen LogP contribution >= 0.6 is 0 Å². The van der Waals surface area contributed by atoms with E-state index in [0.717, 1.165) is 0 Å². The van der Waals surface area contributed by atoms with E-state index >= 15 is 0 Å². The third-order valence-corrected chi connectivity index (χ3v) is 5.21. The monoisotopic (exact) mass is 390 g/mol. The average Bonchev–Trinajstić information content (AvgIpc) is 3.00. The maximum absolute atomic E-state index is 13.0. The molecule has 0 saturated carbocycles. The van der Waals surface area contributed by atoms with E-state index in [1.807, 2.05) is 0 Å². The van der Waals surface area contributed by atoms with Gasteiger partial charge in [-0.25, -0.2) is 9.59 Å². The van der Waals surface area contributed by atoms with Crippen LogP contribution in [0.4, 0.5) is 0 Å². The molecule has 3 aromatic rings. The van der Waals surface area contributed by atoms with E-state index in [1.165, 1.54) is 37.4 Å². The highest BCUT2D eigenvalue weighted by atomic mass is 16.6.